The SMILES string of the molecule is COc1cc(Cl)c(C)cc1NC(=O)c1ccc2noc(-c3ccccc3)c2c1. The maximum absolute atomic E-state index is 12.8. The van der Waals surface area contributed by atoms with E-state index in [9.17, 15) is 4.79 Å². The molecule has 0 unspecified atom stereocenters. The Hall–Kier alpha value is -3.31. The van der Waals surface area contributed by atoms with Gasteiger partial charge in [0.1, 0.15) is 11.3 Å². The summed E-state index contributed by atoms with van der Waals surface area (Å²) in [6.45, 7) is 1.87. The topological polar surface area (TPSA) is 64.4 Å². The standard InChI is InChI=1S/C22H17ClN2O3/c1-13-10-19(20(27-2)12-17(13)23)24-22(26)15-8-9-18-16(11-15)21(28-25-18)14-6-4-3-5-7-14/h3-12H,1-2H3,(H,24,26). The van der Waals surface area contributed by atoms with Gasteiger partial charge in [-0.2, -0.15) is 0 Å². The third kappa shape index (κ3) is 3.32. The number of hydrogen-bond acceptors (Lipinski definition) is 4. The minimum atomic E-state index is -0.262. The monoisotopic (exact) mass is 392 g/mol. The predicted octanol–water partition coefficient (Wildman–Crippen LogP) is 5.72. The molecule has 0 fully saturated rings. The molecular formula is C22H17ClN2O3. The highest BCUT2D eigenvalue weighted by Crippen LogP contribution is 2.32. The average Bonchev–Trinajstić information content (AvgIpc) is 3.14. The van der Waals surface area contributed by atoms with Crippen LogP contribution in [0.4, 0.5) is 5.69 Å². The summed E-state index contributed by atoms with van der Waals surface area (Å²) in [5, 5.41) is 8.33. The highest BCUT2D eigenvalue weighted by Gasteiger charge is 2.16. The molecule has 0 aliphatic rings. The Bertz CT molecular complexity index is 1170. The van der Waals surface area contributed by atoms with Gasteiger partial charge in [0, 0.05) is 22.2 Å². The number of anilines is 1. The summed E-state index contributed by atoms with van der Waals surface area (Å²) in [6, 6.07) is 18.4. The number of aromatic nitrogens is 1. The van der Waals surface area contributed by atoms with Gasteiger partial charge in [0.15, 0.2) is 5.76 Å². The zero-order chi connectivity index (χ0) is 19.7. The molecule has 0 aliphatic heterocycles. The first-order chi connectivity index (χ1) is 13.6. The molecule has 1 amide bonds. The summed E-state index contributed by atoms with van der Waals surface area (Å²) in [6.07, 6.45) is 0. The van der Waals surface area contributed by atoms with Crippen molar-refractivity contribution in [3.8, 4) is 17.1 Å². The second kappa shape index (κ2) is 7.37. The van der Waals surface area contributed by atoms with E-state index in [2.05, 4.69) is 10.5 Å². The fourth-order valence-electron chi connectivity index (χ4n) is 3.00. The van der Waals surface area contributed by atoms with E-state index in [0.717, 1.165) is 16.5 Å². The normalized spacial score (nSPS) is 10.8. The zero-order valence-corrected chi connectivity index (χ0v) is 16.1. The van der Waals surface area contributed by atoms with Gasteiger partial charge < -0.3 is 14.6 Å². The number of carbonyl (C=O) groups is 1. The van der Waals surface area contributed by atoms with Crippen LogP contribution < -0.4 is 10.1 Å². The van der Waals surface area contributed by atoms with E-state index in [1.807, 2.05) is 37.3 Å². The summed E-state index contributed by atoms with van der Waals surface area (Å²) < 4.78 is 10.8. The Morgan fingerprint density at radius 2 is 1.89 bits per heavy atom. The van der Waals surface area contributed by atoms with Crippen LogP contribution in [0.5, 0.6) is 5.75 Å². The number of amides is 1. The van der Waals surface area contributed by atoms with Gasteiger partial charge in [-0.15, -0.1) is 0 Å². The second-order valence-corrected chi connectivity index (χ2v) is 6.77. The molecule has 0 radical (unpaired) electrons. The number of methoxy groups -OCH3 is 1. The van der Waals surface area contributed by atoms with Gasteiger partial charge in [-0.3, -0.25) is 4.79 Å². The molecule has 0 spiro atoms. The second-order valence-electron chi connectivity index (χ2n) is 6.37. The first kappa shape index (κ1) is 18.1. The minimum Gasteiger partial charge on any atom is -0.495 e. The quantitative estimate of drug-likeness (QED) is 0.482. The Morgan fingerprint density at radius 1 is 1.11 bits per heavy atom. The van der Waals surface area contributed by atoms with Crippen LogP contribution in [0, 0.1) is 6.92 Å². The van der Waals surface area contributed by atoms with Gasteiger partial charge in [0.2, 0.25) is 0 Å². The Kier molecular flexibility index (Phi) is 4.75. The van der Waals surface area contributed by atoms with Crippen molar-refractivity contribution >= 4 is 34.1 Å². The molecule has 0 bridgehead atoms. The minimum absolute atomic E-state index is 0.262. The van der Waals surface area contributed by atoms with Crippen LogP contribution in [-0.4, -0.2) is 18.2 Å². The molecule has 1 aromatic heterocycles. The number of nitrogens with one attached hydrogen (secondary N) is 1. The average molecular weight is 393 g/mol. The number of aryl methyl sites for hydroxylation is 1. The summed E-state index contributed by atoms with van der Waals surface area (Å²) >= 11 is 6.14. The fourth-order valence-corrected chi connectivity index (χ4v) is 3.16. The molecule has 1 heterocycles. The molecule has 0 saturated heterocycles. The lowest BCUT2D eigenvalue weighted by molar-refractivity contribution is 0.102. The Labute approximate surface area is 166 Å². The van der Waals surface area contributed by atoms with Crippen molar-refractivity contribution in [1.29, 1.82) is 0 Å². The molecule has 6 heteroatoms. The molecule has 5 nitrogen and oxygen atoms in total. The molecule has 4 rings (SSSR count). The van der Waals surface area contributed by atoms with Gasteiger partial charge in [-0.1, -0.05) is 47.1 Å². The number of benzene rings is 3. The number of fused-ring (bicyclic) bond motifs is 1. The molecule has 0 aliphatic carbocycles. The van der Waals surface area contributed by atoms with Gasteiger partial charge in [0.05, 0.1) is 18.2 Å². The molecule has 140 valence electrons. The molecule has 3 aromatic carbocycles. The van der Waals surface area contributed by atoms with E-state index in [4.69, 9.17) is 20.9 Å². The maximum atomic E-state index is 12.8. The number of halogens is 1. The third-order valence-corrected chi connectivity index (χ3v) is 4.91. The van der Waals surface area contributed by atoms with Crippen molar-refractivity contribution in [3.63, 3.8) is 0 Å². The van der Waals surface area contributed by atoms with Crippen LogP contribution in [0.2, 0.25) is 5.02 Å². The third-order valence-electron chi connectivity index (χ3n) is 4.50. The van der Waals surface area contributed by atoms with Gasteiger partial charge >= 0.3 is 0 Å². The van der Waals surface area contributed by atoms with Crippen LogP contribution in [0.3, 0.4) is 0 Å². The highest BCUT2D eigenvalue weighted by molar-refractivity contribution is 6.31. The van der Waals surface area contributed by atoms with Crippen molar-refractivity contribution in [2.75, 3.05) is 12.4 Å². The lowest BCUT2D eigenvalue weighted by Crippen LogP contribution is -2.12. The van der Waals surface area contributed by atoms with Gasteiger partial charge in [0.25, 0.3) is 5.91 Å². The van der Waals surface area contributed by atoms with E-state index in [0.29, 0.717) is 33.3 Å². The summed E-state index contributed by atoms with van der Waals surface area (Å²) in [7, 11) is 1.53. The Balaban J connectivity index is 1.70. The van der Waals surface area contributed by atoms with Crippen molar-refractivity contribution in [1.82, 2.24) is 5.16 Å². The largest absolute Gasteiger partial charge is 0.495 e. The first-order valence-electron chi connectivity index (χ1n) is 8.67. The molecule has 4 aromatic rings. The van der Waals surface area contributed by atoms with E-state index in [1.54, 1.807) is 30.3 Å². The number of nitrogens with zero attached hydrogens (tertiary/aromatic N) is 1. The van der Waals surface area contributed by atoms with Crippen LogP contribution in [0.1, 0.15) is 15.9 Å². The first-order valence-corrected chi connectivity index (χ1v) is 9.05. The summed E-state index contributed by atoms with van der Waals surface area (Å²) in [4.78, 5) is 12.8. The zero-order valence-electron chi connectivity index (χ0n) is 15.3. The van der Waals surface area contributed by atoms with Crippen LogP contribution >= 0.6 is 11.6 Å². The van der Waals surface area contributed by atoms with Crippen LogP contribution in [-0.2, 0) is 0 Å². The lowest BCUT2D eigenvalue weighted by Gasteiger charge is -2.12. The van der Waals surface area contributed by atoms with E-state index < -0.39 is 0 Å². The molecular weight excluding hydrogens is 376 g/mol. The van der Waals surface area contributed by atoms with Crippen molar-refractivity contribution in [2.45, 2.75) is 6.92 Å². The van der Waals surface area contributed by atoms with Gasteiger partial charge in [-0.25, -0.2) is 0 Å². The van der Waals surface area contributed by atoms with Crippen LogP contribution in [0.25, 0.3) is 22.2 Å². The summed E-state index contributed by atoms with van der Waals surface area (Å²) in [5.74, 6) is 0.868. The maximum Gasteiger partial charge on any atom is 0.255 e. The van der Waals surface area contributed by atoms with Crippen molar-refractivity contribution in [2.24, 2.45) is 0 Å². The van der Waals surface area contributed by atoms with Crippen LogP contribution in [0.15, 0.2) is 65.2 Å². The van der Waals surface area contributed by atoms with E-state index >= 15 is 0 Å². The molecule has 0 atom stereocenters. The number of rotatable bonds is 4. The smallest absolute Gasteiger partial charge is 0.255 e. The Morgan fingerprint density at radius 3 is 2.64 bits per heavy atom. The van der Waals surface area contributed by atoms with E-state index in [-0.39, 0.29) is 5.91 Å². The highest BCUT2D eigenvalue weighted by atomic mass is 35.5. The predicted molar refractivity (Wildman–Crippen MR) is 110 cm³/mol. The number of ether oxygens (including phenoxy) is 1. The molecule has 1 N–H and O–H groups in total. The van der Waals surface area contributed by atoms with Gasteiger partial charge in [-0.05, 0) is 36.8 Å². The lowest BCUT2D eigenvalue weighted by atomic mass is 10.1. The molecule has 0 saturated carbocycles. The number of carbonyl (C=O) groups excluding carboxylic acids is 1. The fraction of sp³-hybridized carbons (Fsp3) is 0.0909. The number of hydrogen-bond donors (Lipinski definition) is 1. The van der Waals surface area contributed by atoms with Crippen molar-refractivity contribution < 1.29 is 14.1 Å². The molecule has 28 heavy (non-hydrogen) atoms. The van der Waals surface area contributed by atoms with Crippen molar-refractivity contribution in [3.05, 3.63) is 76.8 Å². The summed E-state index contributed by atoms with van der Waals surface area (Å²) in [5.41, 5.74) is 3.48. The van der Waals surface area contributed by atoms with E-state index in [1.165, 1.54) is 7.11 Å².